The Bertz CT molecular complexity index is 212. The summed E-state index contributed by atoms with van der Waals surface area (Å²) in [5.74, 6) is 0.292. The molecule has 1 heterocycles. The third-order valence-electron chi connectivity index (χ3n) is 3.52. The highest BCUT2D eigenvalue weighted by atomic mass is 16.2. The third-order valence-corrected chi connectivity index (χ3v) is 3.52. The van der Waals surface area contributed by atoms with Gasteiger partial charge in [-0.15, -0.1) is 0 Å². The van der Waals surface area contributed by atoms with Gasteiger partial charge in [0.2, 0.25) is 5.91 Å². The van der Waals surface area contributed by atoms with Crippen molar-refractivity contribution in [1.29, 1.82) is 0 Å². The van der Waals surface area contributed by atoms with E-state index >= 15 is 0 Å². The van der Waals surface area contributed by atoms with E-state index in [9.17, 15) is 4.79 Å². The van der Waals surface area contributed by atoms with Gasteiger partial charge < -0.3 is 10.2 Å². The van der Waals surface area contributed by atoms with Crippen LogP contribution in [0.25, 0.3) is 0 Å². The van der Waals surface area contributed by atoms with Crippen LogP contribution in [0.3, 0.4) is 0 Å². The van der Waals surface area contributed by atoms with Crippen molar-refractivity contribution in [2.75, 3.05) is 19.6 Å². The average molecular weight is 240 g/mol. The van der Waals surface area contributed by atoms with Crippen molar-refractivity contribution < 1.29 is 4.79 Å². The van der Waals surface area contributed by atoms with Gasteiger partial charge in [-0.2, -0.15) is 0 Å². The molecule has 17 heavy (non-hydrogen) atoms. The summed E-state index contributed by atoms with van der Waals surface area (Å²) < 4.78 is 0. The number of hydrogen-bond donors (Lipinski definition) is 1. The van der Waals surface area contributed by atoms with Crippen molar-refractivity contribution in [3.63, 3.8) is 0 Å². The molecule has 1 atom stereocenters. The molecule has 1 fully saturated rings. The first-order chi connectivity index (χ1) is 8.25. The Hall–Kier alpha value is -0.570. The van der Waals surface area contributed by atoms with E-state index in [-0.39, 0.29) is 6.04 Å². The Labute approximate surface area is 106 Å². The summed E-state index contributed by atoms with van der Waals surface area (Å²) in [6.07, 6.45) is 8.66. The molecule has 0 spiro atoms. The van der Waals surface area contributed by atoms with Gasteiger partial charge in [0.1, 0.15) is 0 Å². The fraction of sp³-hybridized carbons (Fsp3) is 0.929. The second-order valence-corrected chi connectivity index (χ2v) is 5.12. The summed E-state index contributed by atoms with van der Waals surface area (Å²) in [6, 6.07) is -0.00488. The van der Waals surface area contributed by atoms with Gasteiger partial charge in [0.05, 0.1) is 6.04 Å². The molecule has 1 aliphatic heterocycles. The van der Waals surface area contributed by atoms with Gasteiger partial charge in [-0.3, -0.25) is 4.79 Å². The second-order valence-electron chi connectivity index (χ2n) is 5.12. The SMILES string of the molecule is CCCCCCNC(C)C(=O)N1CCCCC1. The van der Waals surface area contributed by atoms with Crippen LogP contribution in [0.15, 0.2) is 0 Å². The largest absolute Gasteiger partial charge is 0.341 e. The number of hydrogen-bond acceptors (Lipinski definition) is 2. The molecular weight excluding hydrogens is 212 g/mol. The molecule has 0 aromatic carbocycles. The number of piperidine rings is 1. The molecule has 1 saturated heterocycles. The molecule has 1 N–H and O–H groups in total. The summed E-state index contributed by atoms with van der Waals surface area (Å²) in [7, 11) is 0. The minimum absolute atomic E-state index is 0.00488. The lowest BCUT2D eigenvalue weighted by Crippen LogP contribution is -2.47. The molecule has 1 amide bonds. The predicted octanol–water partition coefficient (Wildman–Crippen LogP) is 2.56. The van der Waals surface area contributed by atoms with Gasteiger partial charge in [-0.05, 0) is 39.2 Å². The molecule has 100 valence electrons. The van der Waals surface area contributed by atoms with E-state index in [1.165, 1.54) is 44.9 Å². The van der Waals surface area contributed by atoms with E-state index in [4.69, 9.17) is 0 Å². The molecule has 1 aliphatic rings. The summed E-state index contributed by atoms with van der Waals surface area (Å²) in [4.78, 5) is 14.1. The monoisotopic (exact) mass is 240 g/mol. The molecule has 0 radical (unpaired) electrons. The van der Waals surface area contributed by atoms with Gasteiger partial charge in [0, 0.05) is 13.1 Å². The molecule has 3 nitrogen and oxygen atoms in total. The summed E-state index contributed by atoms with van der Waals surface area (Å²) in [5.41, 5.74) is 0. The Morgan fingerprint density at radius 1 is 1.18 bits per heavy atom. The van der Waals surface area contributed by atoms with Crippen molar-refractivity contribution in [2.45, 2.75) is 64.8 Å². The lowest BCUT2D eigenvalue weighted by molar-refractivity contribution is -0.133. The average Bonchev–Trinajstić information content (AvgIpc) is 2.38. The summed E-state index contributed by atoms with van der Waals surface area (Å²) >= 11 is 0. The number of carbonyl (C=O) groups excluding carboxylic acids is 1. The van der Waals surface area contributed by atoms with Gasteiger partial charge >= 0.3 is 0 Å². The maximum atomic E-state index is 12.1. The normalized spacial score (nSPS) is 18.1. The van der Waals surface area contributed by atoms with Crippen molar-refractivity contribution in [2.24, 2.45) is 0 Å². The highest BCUT2D eigenvalue weighted by Gasteiger charge is 2.21. The van der Waals surface area contributed by atoms with Crippen LogP contribution < -0.4 is 5.32 Å². The molecule has 0 aromatic rings. The predicted molar refractivity (Wildman–Crippen MR) is 72.0 cm³/mol. The highest BCUT2D eigenvalue weighted by molar-refractivity contribution is 5.81. The zero-order chi connectivity index (χ0) is 12.5. The molecule has 0 aromatic heterocycles. The molecular formula is C14H28N2O. The van der Waals surface area contributed by atoms with E-state index < -0.39 is 0 Å². The first-order valence-electron chi connectivity index (χ1n) is 7.28. The van der Waals surface area contributed by atoms with Gasteiger partial charge in [-0.25, -0.2) is 0 Å². The quantitative estimate of drug-likeness (QED) is 0.694. The molecule has 3 heteroatoms. The first kappa shape index (κ1) is 14.5. The Kier molecular flexibility index (Phi) is 7.25. The lowest BCUT2D eigenvalue weighted by atomic mass is 10.1. The van der Waals surface area contributed by atoms with Crippen LogP contribution in [0.5, 0.6) is 0 Å². The third kappa shape index (κ3) is 5.53. The van der Waals surface area contributed by atoms with Crippen molar-refractivity contribution >= 4 is 5.91 Å². The van der Waals surface area contributed by atoms with Crippen LogP contribution >= 0.6 is 0 Å². The van der Waals surface area contributed by atoms with Gasteiger partial charge in [0.15, 0.2) is 0 Å². The summed E-state index contributed by atoms with van der Waals surface area (Å²) in [5, 5.41) is 3.35. The lowest BCUT2D eigenvalue weighted by Gasteiger charge is -2.29. The van der Waals surface area contributed by atoms with Crippen molar-refractivity contribution in [3.8, 4) is 0 Å². The Balaban J connectivity index is 2.12. The van der Waals surface area contributed by atoms with Crippen LogP contribution in [0, 0.1) is 0 Å². The minimum atomic E-state index is -0.00488. The van der Waals surface area contributed by atoms with E-state index in [2.05, 4.69) is 12.2 Å². The topological polar surface area (TPSA) is 32.3 Å². The second kappa shape index (κ2) is 8.51. The number of carbonyl (C=O) groups is 1. The van der Waals surface area contributed by atoms with Crippen molar-refractivity contribution in [3.05, 3.63) is 0 Å². The van der Waals surface area contributed by atoms with E-state index in [0.717, 1.165) is 19.6 Å². The summed E-state index contributed by atoms with van der Waals surface area (Å²) in [6.45, 7) is 7.11. The van der Waals surface area contributed by atoms with Crippen molar-refractivity contribution in [1.82, 2.24) is 10.2 Å². The van der Waals surface area contributed by atoms with E-state index in [0.29, 0.717) is 5.91 Å². The maximum Gasteiger partial charge on any atom is 0.239 e. The highest BCUT2D eigenvalue weighted by Crippen LogP contribution is 2.10. The molecule has 1 unspecified atom stereocenters. The zero-order valence-electron chi connectivity index (χ0n) is 11.5. The fourth-order valence-corrected chi connectivity index (χ4v) is 2.35. The number of rotatable bonds is 7. The van der Waals surface area contributed by atoms with E-state index in [1.54, 1.807) is 0 Å². The maximum absolute atomic E-state index is 12.1. The smallest absolute Gasteiger partial charge is 0.239 e. The number of unbranched alkanes of at least 4 members (excludes halogenated alkanes) is 3. The Morgan fingerprint density at radius 3 is 2.53 bits per heavy atom. The number of nitrogens with zero attached hydrogens (tertiary/aromatic N) is 1. The van der Waals surface area contributed by atoms with Crippen LogP contribution in [0.2, 0.25) is 0 Å². The molecule has 0 bridgehead atoms. The molecule has 0 saturated carbocycles. The first-order valence-corrected chi connectivity index (χ1v) is 7.28. The number of likely N-dealkylation sites (tertiary alicyclic amines) is 1. The van der Waals surface area contributed by atoms with Crippen LogP contribution in [-0.2, 0) is 4.79 Å². The number of nitrogens with one attached hydrogen (secondary N) is 1. The van der Waals surface area contributed by atoms with Crippen LogP contribution in [-0.4, -0.2) is 36.5 Å². The fourth-order valence-electron chi connectivity index (χ4n) is 2.35. The minimum Gasteiger partial charge on any atom is -0.341 e. The van der Waals surface area contributed by atoms with E-state index in [1.807, 2.05) is 11.8 Å². The molecule has 1 rings (SSSR count). The molecule has 0 aliphatic carbocycles. The zero-order valence-corrected chi connectivity index (χ0v) is 11.5. The number of amides is 1. The van der Waals surface area contributed by atoms with Gasteiger partial charge in [-0.1, -0.05) is 26.2 Å². The standard InChI is InChI=1S/C14H28N2O/c1-3-4-5-7-10-15-13(2)14(17)16-11-8-6-9-12-16/h13,15H,3-12H2,1-2H3. The van der Waals surface area contributed by atoms with Crippen LogP contribution in [0.4, 0.5) is 0 Å². The Morgan fingerprint density at radius 2 is 1.88 bits per heavy atom. The van der Waals surface area contributed by atoms with Gasteiger partial charge in [0.25, 0.3) is 0 Å². The van der Waals surface area contributed by atoms with Crippen LogP contribution in [0.1, 0.15) is 58.8 Å².